The molecule has 0 unspecified atom stereocenters. The van der Waals surface area contributed by atoms with Crippen molar-refractivity contribution in [2.45, 2.75) is 4.90 Å². The van der Waals surface area contributed by atoms with Gasteiger partial charge in [0.25, 0.3) is 15.7 Å². The van der Waals surface area contributed by atoms with Gasteiger partial charge in [0, 0.05) is 17.3 Å². The van der Waals surface area contributed by atoms with Crippen LogP contribution in [0.4, 0.5) is 17.1 Å². The first-order valence-corrected chi connectivity index (χ1v) is 10.6. The van der Waals surface area contributed by atoms with E-state index < -0.39 is 20.6 Å². The van der Waals surface area contributed by atoms with Crippen LogP contribution in [0.25, 0.3) is 0 Å². The second-order valence-corrected chi connectivity index (χ2v) is 8.16. The summed E-state index contributed by atoms with van der Waals surface area (Å²) in [5.74, 6) is 0.571. The average molecular weight is 432 g/mol. The highest BCUT2D eigenvalue weighted by molar-refractivity contribution is 7.92. The van der Waals surface area contributed by atoms with Crippen LogP contribution >= 0.6 is 11.3 Å². The molecule has 1 aromatic heterocycles. The minimum Gasteiger partial charge on any atom is -0.497 e. The molecule has 0 radical (unpaired) electrons. The van der Waals surface area contributed by atoms with Crippen molar-refractivity contribution in [2.24, 2.45) is 5.10 Å². The van der Waals surface area contributed by atoms with Crippen molar-refractivity contribution < 1.29 is 18.1 Å². The number of nitro groups is 1. The Labute approximate surface area is 170 Å². The van der Waals surface area contributed by atoms with E-state index in [1.807, 2.05) is 16.8 Å². The maximum absolute atomic E-state index is 12.6. The van der Waals surface area contributed by atoms with Crippen molar-refractivity contribution in [2.75, 3.05) is 17.3 Å². The van der Waals surface area contributed by atoms with Gasteiger partial charge in [-0.1, -0.05) is 0 Å². The number of sulfonamides is 1. The summed E-state index contributed by atoms with van der Waals surface area (Å²) >= 11 is 1.49. The molecule has 0 fully saturated rings. The van der Waals surface area contributed by atoms with Gasteiger partial charge < -0.3 is 4.74 Å². The molecule has 0 saturated heterocycles. The SMILES string of the molecule is COc1ccc(NS(=O)(=O)c2ccc(N/N=C\c3ccsc3)c([N+](=O)[O-])c2)cc1. The molecule has 0 spiro atoms. The molecule has 0 saturated carbocycles. The highest BCUT2D eigenvalue weighted by Crippen LogP contribution is 2.29. The quantitative estimate of drug-likeness (QED) is 0.316. The number of benzene rings is 2. The van der Waals surface area contributed by atoms with Crippen LogP contribution in [0.3, 0.4) is 0 Å². The molecule has 150 valence electrons. The summed E-state index contributed by atoms with van der Waals surface area (Å²) in [6, 6.07) is 11.6. The molecule has 0 aliphatic carbocycles. The normalized spacial score (nSPS) is 11.3. The van der Waals surface area contributed by atoms with Crippen molar-refractivity contribution in [1.29, 1.82) is 0 Å². The van der Waals surface area contributed by atoms with Crippen LogP contribution in [0.15, 0.2) is 69.3 Å². The number of anilines is 2. The van der Waals surface area contributed by atoms with E-state index in [4.69, 9.17) is 4.74 Å². The van der Waals surface area contributed by atoms with Gasteiger partial charge in [-0.15, -0.1) is 0 Å². The van der Waals surface area contributed by atoms with Gasteiger partial charge in [0.05, 0.1) is 23.1 Å². The summed E-state index contributed by atoms with van der Waals surface area (Å²) in [5, 5.41) is 19.1. The fourth-order valence-electron chi connectivity index (χ4n) is 2.32. The van der Waals surface area contributed by atoms with Gasteiger partial charge in [-0.25, -0.2) is 8.42 Å². The first-order chi connectivity index (χ1) is 13.9. The zero-order valence-corrected chi connectivity index (χ0v) is 16.7. The number of methoxy groups -OCH3 is 1. The Bertz CT molecular complexity index is 1130. The molecule has 3 rings (SSSR count). The Morgan fingerprint density at radius 1 is 1.17 bits per heavy atom. The molecule has 0 bridgehead atoms. The molecule has 29 heavy (non-hydrogen) atoms. The number of nitrogens with zero attached hydrogens (tertiary/aromatic N) is 2. The third kappa shape index (κ3) is 5.09. The van der Waals surface area contributed by atoms with Gasteiger partial charge in [-0.2, -0.15) is 16.4 Å². The first kappa shape index (κ1) is 20.3. The summed E-state index contributed by atoms with van der Waals surface area (Å²) in [5.41, 5.74) is 3.38. The van der Waals surface area contributed by atoms with Gasteiger partial charge in [-0.3, -0.25) is 20.3 Å². The van der Waals surface area contributed by atoms with E-state index in [1.165, 1.54) is 48.9 Å². The summed E-state index contributed by atoms with van der Waals surface area (Å²) in [6.45, 7) is 0. The standard InChI is InChI=1S/C18H16N4O5S2/c1-27-15-4-2-14(3-5-15)21-29(25,26)16-6-7-17(18(10-16)22(23)24)20-19-11-13-8-9-28-12-13/h2-12,20-21H,1H3/b19-11-. The number of nitrogens with one attached hydrogen (secondary N) is 2. The fourth-order valence-corrected chi connectivity index (χ4v) is 4.01. The number of hydrogen-bond acceptors (Lipinski definition) is 8. The summed E-state index contributed by atoms with van der Waals surface area (Å²) in [4.78, 5) is 10.5. The van der Waals surface area contributed by atoms with E-state index >= 15 is 0 Å². The molecule has 2 N–H and O–H groups in total. The maximum Gasteiger partial charge on any atom is 0.295 e. The van der Waals surface area contributed by atoms with E-state index in [1.54, 1.807) is 12.1 Å². The smallest absolute Gasteiger partial charge is 0.295 e. The van der Waals surface area contributed by atoms with Crippen LogP contribution in [0, 0.1) is 10.1 Å². The molecule has 9 nitrogen and oxygen atoms in total. The second-order valence-electron chi connectivity index (χ2n) is 5.70. The molecule has 1 heterocycles. The molecule has 2 aromatic carbocycles. The Morgan fingerprint density at radius 3 is 2.55 bits per heavy atom. The monoisotopic (exact) mass is 432 g/mol. The average Bonchev–Trinajstić information content (AvgIpc) is 3.22. The fraction of sp³-hybridized carbons (Fsp3) is 0.0556. The first-order valence-electron chi connectivity index (χ1n) is 8.15. The van der Waals surface area contributed by atoms with Gasteiger partial charge in [0.15, 0.2) is 0 Å². The van der Waals surface area contributed by atoms with Crippen LogP contribution in [-0.4, -0.2) is 26.7 Å². The lowest BCUT2D eigenvalue weighted by molar-refractivity contribution is -0.384. The molecule has 0 aliphatic heterocycles. The lowest BCUT2D eigenvalue weighted by atomic mass is 10.3. The van der Waals surface area contributed by atoms with Crippen LogP contribution < -0.4 is 14.9 Å². The lowest BCUT2D eigenvalue weighted by Crippen LogP contribution is -2.13. The molecule has 0 amide bonds. The minimum atomic E-state index is -4.02. The molecule has 3 aromatic rings. The topological polar surface area (TPSA) is 123 Å². The largest absolute Gasteiger partial charge is 0.497 e. The number of ether oxygens (including phenoxy) is 1. The number of hydrogen-bond donors (Lipinski definition) is 2. The van der Waals surface area contributed by atoms with Gasteiger partial charge in [0.2, 0.25) is 0 Å². The Kier molecular flexibility index (Phi) is 6.10. The lowest BCUT2D eigenvalue weighted by Gasteiger charge is -2.10. The van der Waals surface area contributed by atoms with E-state index in [0.29, 0.717) is 11.4 Å². The Morgan fingerprint density at radius 2 is 1.93 bits per heavy atom. The molecular weight excluding hydrogens is 416 g/mol. The van der Waals surface area contributed by atoms with Gasteiger partial charge >= 0.3 is 0 Å². The number of rotatable bonds is 8. The zero-order valence-electron chi connectivity index (χ0n) is 15.1. The van der Waals surface area contributed by atoms with Crippen LogP contribution in [0.5, 0.6) is 5.75 Å². The third-order valence-corrected chi connectivity index (χ3v) is 5.84. The molecule has 0 aliphatic rings. The van der Waals surface area contributed by atoms with Gasteiger partial charge in [0.1, 0.15) is 11.4 Å². The van der Waals surface area contributed by atoms with Crippen LogP contribution in [0.2, 0.25) is 0 Å². The van der Waals surface area contributed by atoms with E-state index in [9.17, 15) is 18.5 Å². The Hall–Kier alpha value is -3.44. The predicted octanol–water partition coefficient (Wildman–Crippen LogP) is 3.91. The summed E-state index contributed by atoms with van der Waals surface area (Å²) in [6.07, 6.45) is 1.51. The summed E-state index contributed by atoms with van der Waals surface area (Å²) in [7, 11) is -2.52. The van der Waals surface area contributed by atoms with Crippen molar-refractivity contribution in [3.63, 3.8) is 0 Å². The van der Waals surface area contributed by atoms with E-state index in [2.05, 4.69) is 15.2 Å². The van der Waals surface area contributed by atoms with Crippen molar-refractivity contribution in [3.05, 3.63) is 75.0 Å². The van der Waals surface area contributed by atoms with Gasteiger partial charge in [-0.05, 0) is 53.2 Å². The molecular formula is C18H16N4O5S2. The predicted molar refractivity (Wildman–Crippen MR) is 112 cm³/mol. The van der Waals surface area contributed by atoms with E-state index in [0.717, 1.165) is 11.6 Å². The third-order valence-electron chi connectivity index (χ3n) is 3.76. The highest BCUT2D eigenvalue weighted by Gasteiger charge is 2.21. The maximum atomic E-state index is 12.6. The number of thiophene rings is 1. The summed E-state index contributed by atoms with van der Waals surface area (Å²) < 4.78 is 32.6. The van der Waals surface area contributed by atoms with Crippen molar-refractivity contribution in [1.82, 2.24) is 0 Å². The highest BCUT2D eigenvalue weighted by atomic mass is 32.2. The molecule has 0 atom stereocenters. The number of hydrazone groups is 1. The van der Waals surface area contributed by atoms with Crippen molar-refractivity contribution in [3.8, 4) is 5.75 Å². The Balaban J connectivity index is 1.83. The van der Waals surface area contributed by atoms with Crippen molar-refractivity contribution >= 4 is 44.6 Å². The zero-order chi connectivity index (χ0) is 20.9. The minimum absolute atomic E-state index is 0.0740. The second kappa shape index (κ2) is 8.71. The molecule has 11 heteroatoms. The van der Waals surface area contributed by atoms with Crippen LogP contribution in [-0.2, 0) is 10.0 Å². The van der Waals surface area contributed by atoms with Crippen LogP contribution in [0.1, 0.15) is 5.56 Å². The number of nitro benzene ring substituents is 1. The van der Waals surface area contributed by atoms with E-state index in [-0.39, 0.29) is 10.6 Å².